The zero-order valence-electron chi connectivity index (χ0n) is 12.2. The molecule has 1 saturated carbocycles. The molecule has 0 unspecified atom stereocenters. The van der Waals surface area contributed by atoms with Crippen LogP contribution in [-0.2, 0) is 19.6 Å². The Morgan fingerprint density at radius 2 is 1.95 bits per heavy atom. The standard InChI is InChI=1S/C15H21NO4S/c1-2-20-15(17)9-6-12-16(13-10-11-13)21(18,19)14-7-4-3-5-8-14/h3-5,7-8,13H,2,6,9-12H2,1H3. The van der Waals surface area contributed by atoms with Gasteiger partial charge in [0.25, 0.3) is 0 Å². The van der Waals surface area contributed by atoms with Gasteiger partial charge in [0.1, 0.15) is 0 Å². The van der Waals surface area contributed by atoms with Gasteiger partial charge in [-0.1, -0.05) is 18.2 Å². The van der Waals surface area contributed by atoms with Gasteiger partial charge in [0.2, 0.25) is 10.0 Å². The summed E-state index contributed by atoms with van der Waals surface area (Å²) in [4.78, 5) is 11.7. The third-order valence-corrected chi connectivity index (χ3v) is 5.33. The summed E-state index contributed by atoms with van der Waals surface area (Å²) in [6.07, 6.45) is 2.53. The molecule has 0 atom stereocenters. The van der Waals surface area contributed by atoms with Gasteiger partial charge < -0.3 is 4.74 Å². The first-order chi connectivity index (χ1) is 10.1. The van der Waals surface area contributed by atoms with Gasteiger partial charge in [-0.05, 0) is 38.3 Å². The van der Waals surface area contributed by atoms with E-state index in [4.69, 9.17) is 4.74 Å². The van der Waals surface area contributed by atoms with Crippen LogP contribution in [-0.4, -0.2) is 37.9 Å². The van der Waals surface area contributed by atoms with E-state index in [1.54, 1.807) is 37.3 Å². The van der Waals surface area contributed by atoms with E-state index in [2.05, 4.69) is 0 Å². The molecule has 1 fully saturated rings. The number of benzene rings is 1. The van der Waals surface area contributed by atoms with E-state index in [0.717, 1.165) is 12.8 Å². The van der Waals surface area contributed by atoms with Crippen molar-refractivity contribution in [2.45, 2.75) is 43.5 Å². The van der Waals surface area contributed by atoms with Crippen LogP contribution in [0, 0.1) is 0 Å². The van der Waals surface area contributed by atoms with Crippen molar-refractivity contribution in [3.63, 3.8) is 0 Å². The minimum atomic E-state index is -3.47. The maximum Gasteiger partial charge on any atom is 0.305 e. The number of sulfonamides is 1. The number of hydrogen-bond donors (Lipinski definition) is 0. The Kier molecular flexibility index (Phi) is 5.36. The largest absolute Gasteiger partial charge is 0.466 e. The fraction of sp³-hybridized carbons (Fsp3) is 0.533. The van der Waals surface area contributed by atoms with Gasteiger partial charge in [0.15, 0.2) is 0 Å². The van der Waals surface area contributed by atoms with E-state index in [1.807, 2.05) is 0 Å². The van der Waals surface area contributed by atoms with E-state index in [-0.39, 0.29) is 18.4 Å². The van der Waals surface area contributed by atoms with E-state index in [9.17, 15) is 13.2 Å². The third kappa shape index (κ3) is 4.28. The molecule has 0 radical (unpaired) electrons. The number of carbonyl (C=O) groups excluding carboxylic acids is 1. The maximum atomic E-state index is 12.6. The van der Waals surface area contributed by atoms with Crippen molar-refractivity contribution in [2.24, 2.45) is 0 Å². The van der Waals surface area contributed by atoms with Gasteiger partial charge >= 0.3 is 5.97 Å². The number of rotatable bonds is 8. The Balaban J connectivity index is 2.01. The monoisotopic (exact) mass is 311 g/mol. The predicted molar refractivity (Wildman–Crippen MR) is 79.2 cm³/mol. The third-order valence-electron chi connectivity index (χ3n) is 3.37. The van der Waals surface area contributed by atoms with E-state index < -0.39 is 10.0 Å². The van der Waals surface area contributed by atoms with Crippen LogP contribution in [0.15, 0.2) is 35.2 Å². The van der Waals surface area contributed by atoms with Crippen LogP contribution >= 0.6 is 0 Å². The summed E-state index contributed by atoms with van der Waals surface area (Å²) in [6.45, 7) is 2.47. The molecule has 2 rings (SSSR count). The second-order valence-corrected chi connectivity index (χ2v) is 6.96. The minimum absolute atomic E-state index is 0.0809. The average molecular weight is 311 g/mol. The van der Waals surface area contributed by atoms with Crippen LogP contribution in [0.4, 0.5) is 0 Å². The average Bonchev–Trinajstić information content (AvgIpc) is 3.29. The van der Waals surface area contributed by atoms with Gasteiger partial charge in [-0.15, -0.1) is 0 Å². The molecule has 0 saturated heterocycles. The summed E-state index contributed by atoms with van der Waals surface area (Å²) >= 11 is 0. The van der Waals surface area contributed by atoms with Crippen LogP contribution in [0.3, 0.4) is 0 Å². The second-order valence-electron chi connectivity index (χ2n) is 5.07. The summed E-state index contributed by atoms with van der Waals surface area (Å²) in [7, 11) is -3.47. The molecule has 0 heterocycles. The van der Waals surface area contributed by atoms with Crippen molar-refractivity contribution in [1.82, 2.24) is 4.31 Å². The van der Waals surface area contributed by atoms with Crippen LogP contribution in [0.5, 0.6) is 0 Å². The number of esters is 1. The number of hydrogen-bond acceptors (Lipinski definition) is 4. The fourth-order valence-electron chi connectivity index (χ4n) is 2.20. The Hall–Kier alpha value is -1.40. The maximum absolute atomic E-state index is 12.6. The summed E-state index contributed by atoms with van der Waals surface area (Å²) in [5.74, 6) is -0.273. The van der Waals surface area contributed by atoms with Gasteiger partial charge in [0.05, 0.1) is 11.5 Å². The molecule has 6 heteroatoms. The molecule has 21 heavy (non-hydrogen) atoms. The molecule has 0 bridgehead atoms. The van der Waals surface area contributed by atoms with Gasteiger partial charge in [0, 0.05) is 19.0 Å². The quantitative estimate of drug-likeness (QED) is 0.690. The fourth-order valence-corrected chi connectivity index (χ4v) is 3.95. The number of ether oxygens (including phenoxy) is 1. The molecule has 1 aromatic carbocycles. The molecule has 1 aliphatic rings. The highest BCUT2D eigenvalue weighted by Gasteiger charge is 2.37. The summed E-state index contributed by atoms with van der Waals surface area (Å²) in [6, 6.07) is 8.53. The topological polar surface area (TPSA) is 63.7 Å². The zero-order chi connectivity index (χ0) is 15.3. The van der Waals surface area contributed by atoms with E-state index in [1.165, 1.54) is 4.31 Å². The zero-order valence-corrected chi connectivity index (χ0v) is 13.0. The molecule has 0 aromatic heterocycles. The van der Waals surface area contributed by atoms with Crippen LogP contribution in [0.1, 0.15) is 32.6 Å². The summed E-state index contributed by atoms with van der Waals surface area (Å²) in [5.41, 5.74) is 0. The van der Waals surface area contributed by atoms with Crippen LogP contribution in [0.2, 0.25) is 0 Å². The van der Waals surface area contributed by atoms with Crippen molar-refractivity contribution >= 4 is 16.0 Å². The summed E-state index contributed by atoms with van der Waals surface area (Å²) in [5, 5.41) is 0. The van der Waals surface area contributed by atoms with Crippen molar-refractivity contribution in [3.05, 3.63) is 30.3 Å². The SMILES string of the molecule is CCOC(=O)CCCN(C1CC1)S(=O)(=O)c1ccccc1. The normalized spacial score (nSPS) is 15.1. The first-order valence-electron chi connectivity index (χ1n) is 7.28. The van der Waals surface area contributed by atoms with Crippen molar-refractivity contribution in [1.29, 1.82) is 0 Å². The van der Waals surface area contributed by atoms with Crippen molar-refractivity contribution in [2.75, 3.05) is 13.2 Å². The lowest BCUT2D eigenvalue weighted by Crippen LogP contribution is -2.34. The molecule has 0 amide bonds. The number of nitrogens with zero attached hydrogens (tertiary/aromatic N) is 1. The van der Waals surface area contributed by atoms with Gasteiger partial charge in [-0.3, -0.25) is 4.79 Å². The lowest BCUT2D eigenvalue weighted by Gasteiger charge is -2.21. The van der Waals surface area contributed by atoms with Crippen molar-refractivity contribution in [3.8, 4) is 0 Å². The van der Waals surface area contributed by atoms with Gasteiger partial charge in [-0.25, -0.2) is 8.42 Å². The molecule has 116 valence electrons. The van der Waals surface area contributed by atoms with Crippen LogP contribution in [0.25, 0.3) is 0 Å². The lowest BCUT2D eigenvalue weighted by molar-refractivity contribution is -0.143. The molecule has 1 aliphatic carbocycles. The van der Waals surface area contributed by atoms with Gasteiger partial charge in [-0.2, -0.15) is 4.31 Å². The molecular weight excluding hydrogens is 290 g/mol. The smallest absolute Gasteiger partial charge is 0.305 e. The van der Waals surface area contributed by atoms with E-state index >= 15 is 0 Å². The Morgan fingerprint density at radius 1 is 1.29 bits per heavy atom. The first kappa shape index (κ1) is 16.0. The van der Waals surface area contributed by atoms with E-state index in [0.29, 0.717) is 24.5 Å². The Bertz CT molecular complexity index is 567. The lowest BCUT2D eigenvalue weighted by atomic mass is 10.3. The minimum Gasteiger partial charge on any atom is -0.466 e. The highest BCUT2D eigenvalue weighted by atomic mass is 32.2. The Labute approximate surface area is 126 Å². The molecule has 0 N–H and O–H groups in total. The molecule has 0 aliphatic heterocycles. The summed E-state index contributed by atoms with van der Waals surface area (Å²) < 4.78 is 31.6. The number of carbonyl (C=O) groups is 1. The first-order valence-corrected chi connectivity index (χ1v) is 8.72. The van der Waals surface area contributed by atoms with Crippen LogP contribution < -0.4 is 0 Å². The second kappa shape index (κ2) is 7.04. The molecular formula is C15H21NO4S. The molecule has 5 nitrogen and oxygen atoms in total. The molecule has 1 aromatic rings. The predicted octanol–water partition coefficient (Wildman–Crippen LogP) is 2.18. The van der Waals surface area contributed by atoms with Crippen molar-refractivity contribution < 1.29 is 17.9 Å². The highest BCUT2D eigenvalue weighted by molar-refractivity contribution is 7.89. The highest BCUT2D eigenvalue weighted by Crippen LogP contribution is 2.32. The molecule has 0 spiro atoms. The Morgan fingerprint density at radius 3 is 2.52 bits per heavy atom.